The lowest BCUT2D eigenvalue weighted by Crippen LogP contribution is -2.72. The molecule has 0 radical (unpaired) electrons. The van der Waals surface area contributed by atoms with Gasteiger partial charge in [-0.1, -0.05) is 0 Å². The number of quaternary nitrogens is 2. The van der Waals surface area contributed by atoms with Crippen molar-refractivity contribution in [1.82, 2.24) is 9.80 Å². The molecule has 6 rings (SSSR count). The molecule has 0 saturated carbocycles. The molecule has 0 aromatic heterocycles. The van der Waals surface area contributed by atoms with E-state index in [4.69, 9.17) is 0 Å². The number of piperazine rings is 6. The van der Waals surface area contributed by atoms with Crippen LogP contribution in [0.3, 0.4) is 0 Å². The molecule has 104 valence electrons. The van der Waals surface area contributed by atoms with Gasteiger partial charge in [-0.25, -0.2) is 0 Å². The SMILES string of the molecule is C1CN2CCN1CC2.C[N+]12CC[N+](C)(CC1)CC2. The number of nitrogens with zero attached hydrogens (tertiary/aromatic N) is 4. The summed E-state index contributed by atoms with van der Waals surface area (Å²) in [7, 11) is 4.81. The molecule has 0 amide bonds. The molecule has 0 aromatic carbocycles. The van der Waals surface area contributed by atoms with Crippen LogP contribution in [0.25, 0.3) is 0 Å². The van der Waals surface area contributed by atoms with Gasteiger partial charge in [0.1, 0.15) is 39.3 Å². The summed E-state index contributed by atoms with van der Waals surface area (Å²) in [6, 6.07) is 0. The second-order valence-corrected chi connectivity index (χ2v) is 7.26. The summed E-state index contributed by atoms with van der Waals surface area (Å²) in [4.78, 5) is 5.08. The van der Waals surface area contributed by atoms with Crippen LogP contribution in [-0.2, 0) is 0 Å². The number of hydrogen-bond acceptors (Lipinski definition) is 2. The minimum absolute atomic E-state index is 1.32. The Balaban J connectivity index is 0.000000114. The van der Waals surface area contributed by atoms with Crippen molar-refractivity contribution in [2.75, 3.05) is 92.6 Å². The highest BCUT2D eigenvalue weighted by Crippen LogP contribution is 2.21. The molecular weight excluding hydrogens is 224 g/mol. The van der Waals surface area contributed by atoms with Gasteiger partial charge in [0.25, 0.3) is 0 Å². The second kappa shape index (κ2) is 4.75. The van der Waals surface area contributed by atoms with Gasteiger partial charge in [0.15, 0.2) is 0 Å². The summed E-state index contributed by atoms with van der Waals surface area (Å²) >= 11 is 0. The van der Waals surface area contributed by atoms with Crippen molar-refractivity contribution in [2.45, 2.75) is 0 Å². The van der Waals surface area contributed by atoms with E-state index in [2.05, 4.69) is 23.9 Å². The Morgan fingerprint density at radius 3 is 0.889 bits per heavy atom. The van der Waals surface area contributed by atoms with Crippen molar-refractivity contribution in [1.29, 1.82) is 0 Å². The van der Waals surface area contributed by atoms with E-state index in [-0.39, 0.29) is 0 Å². The van der Waals surface area contributed by atoms with Gasteiger partial charge < -0.3 is 8.97 Å². The third-order valence-corrected chi connectivity index (χ3v) is 5.74. The van der Waals surface area contributed by atoms with E-state index in [0.29, 0.717) is 0 Å². The van der Waals surface area contributed by atoms with E-state index in [0.717, 1.165) is 0 Å². The first-order valence-corrected chi connectivity index (χ1v) is 7.69. The maximum absolute atomic E-state index is 2.54. The number of likely N-dealkylation sites (N-methyl/N-ethyl adjacent to an activating group) is 2. The average Bonchev–Trinajstić information content (AvgIpc) is 2.44. The number of hydrogen-bond donors (Lipinski definition) is 0. The van der Waals surface area contributed by atoms with Gasteiger partial charge in [-0.3, -0.25) is 9.80 Å². The van der Waals surface area contributed by atoms with Crippen LogP contribution >= 0.6 is 0 Å². The lowest BCUT2D eigenvalue weighted by Gasteiger charge is -2.52. The minimum atomic E-state index is 1.32. The molecule has 0 spiro atoms. The molecule has 6 aliphatic rings. The second-order valence-electron chi connectivity index (χ2n) is 7.26. The van der Waals surface area contributed by atoms with Crippen molar-refractivity contribution in [3.05, 3.63) is 0 Å². The third kappa shape index (κ3) is 2.72. The van der Waals surface area contributed by atoms with E-state index in [1.807, 2.05) is 0 Å². The van der Waals surface area contributed by atoms with E-state index < -0.39 is 0 Å². The van der Waals surface area contributed by atoms with Gasteiger partial charge in [0.2, 0.25) is 0 Å². The molecule has 0 aromatic rings. The maximum atomic E-state index is 2.54. The topological polar surface area (TPSA) is 6.48 Å². The lowest BCUT2D eigenvalue weighted by molar-refractivity contribution is -1.06. The molecule has 6 fully saturated rings. The maximum Gasteiger partial charge on any atom is 0.129 e. The van der Waals surface area contributed by atoms with Crippen LogP contribution < -0.4 is 0 Å². The Bertz CT molecular complexity index is 231. The fourth-order valence-electron chi connectivity index (χ4n) is 3.64. The fourth-order valence-corrected chi connectivity index (χ4v) is 3.64. The van der Waals surface area contributed by atoms with E-state index in [9.17, 15) is 0 Å². The molecule has 0 aliphatic carbocycles. The Morgan fingerprint density at radius 1 is 0.500 bits per heavy atom. The van der Waals surface area contributed by atoms with Crippen LogP contribution in [0.1, 0.15) is 0 Å². The summed E-state index contributed by atoms with van der Waals surface area (Å²) < 4.78 is 2.71. The Hall–Kier alpha value is -0.160. The lowest BCUT2D eigenvalue weighted by atomic mass is 10.1. The van der Waals surface area contributed by atoms with Gasteiger partial charge in [-0.15, -0.1) is 0 Å². The van der Waals surface area contributed by atoms with E-state index in [1.54, 1.807) is 0 Å². The summed E-state index contributed by atoms with van der Waals surface area (Å²) in [5.41, 5.74) is 0. The van der Waals surface area contributed by atoms with Gasteiger partial charge in [-0.2, -0.15) is 0 Å². The molecule has 0 atom stereocenters. The van der Waals surface area contributed by atoms with Crippen LogP contribution in [0.2, 0.25) is 0 Å². The summed E-state index contributed by atoms with van der Waals surface area (Å²) in [5, 5.41) is 0. The molecule has 4 heteroatoms. The van der Waals surface area contributed by atoms with Gasteiger partial charge in [-0.05, 0) is 0 Å². The fraction of sp³-hybridized carbons (Fsp3) is 1.00. The van der Waals surface area contributed by atoms with E-state index in [1.165, 1.54) is 87.5 Å². The highest BCUT2D eigenvalue weighted by Gasteiger charge is 2.43. The third-order valence-electron chi connectivity index (χ3n) is 5.74. The molecule has 6 aliphatic heterocycles. The van der Waals surface area contributed by atoms with Crippen molar-refractivity contribution in [3.63, 3.8) is 0 Å². The molecule has 0 N–H and O–H groups in total. The molecular formula is C14H30N4+2. The predicted octanol–water partition coefficient (Wildman–Crippen LogP) is -0.476. The first kappa shape index (κ1) is 12.9. The smallest absolute Gasteiger partial charge is 0.129 e. The largest absolute Gasteiger partial charge is 0.312 e. The molecule has 0 unspecified atom stereocenters. The Morgan fingerprint density at radius 2 is 0.722 bits per heavy atom. The number of fused-ring (bicyclic) bond motifs is 6. The quantitative estimate of drug-likeness (QED) is 0.539. The first-order valence-electron chi connectivity index (χ1n) is 7.69. The first-order chi connectivity index (χ1) is 8.57. The van der Waals surface area contributed by atoms with Gasteiger partial charge in [0, 0.05) is 39.3 Å². The standard InChI is InChI=1S/C8H18N2.C6H12N2/c1-9-3-6-10(2,7-4-9)8-5-9;1-2-8-5-3-7(1)4-6-8/h3-8H2,1-2H3;1-6H2/q+2;. The highest BCUT2D eigenvalue weighted by molar-refractivity contribution is 4.78. The summed E-state index contributed by atoms with van der Waals surface area (Å²) in [6.45, 7) is 16.4. The summed E-state index contributed by atoms with van der Waals surface area (Å²) in [6.07, 6.45) is 0. The van der Waals surface area contributed by atoms with Crippen molar-refractivity contribution in [2.24, 2.45) is 0 Å². The van der Waals surface area contributed by atoms with Crippen molar-refractivity contribution in [3.8, 4) is 0 Å². The monoisotopic (exact) mass is 254 g/mol. The Labute approximate surface area is 112 Å². The zero-order chi connectivity index (χ0) is 12.6. The zero-order valence-corrected chi connectivity index (χ0v) is 12.3. The van der Waals surface area contributed by atoms with Gasteiger partial charge >= 0.3 is 0 Å². The normalized spacial score (nSPS) is 49.7. The molecule has 6 heterocycles. The molecule has 18 heavy (non-hydrogen) atoms. The predicted molar refractivity (Wildman–Crippen MR) is 74.5 cm³/mol. The van der Waals surface area contributed by atoms with Gasteiger partial charge in [0.05, 0.1) is 14.1 Å². The van der Waals surface area contributed by atoms with E-state index >= 15 is 0 Å². The van der Waals surface area contributed by atoms with Crippen molar-refractivity contribution >= 4 is 0 Å². The van der Waals surface area contributed by atoms with Crippen LogP contribution in [0.5, 0.6) is 0 Å². The summed E-state index contributed by atoms with van der Waals surface area (Å²) in [5.74, 6) is 0. The van der Waals surface area contributed by atoms with Crippen molar-refractivity contribution < 1.29 is 8.97 Å². The Kier molecular flexibility index (Phi) is 3.39. The molecule has 4 bridgehead atoms. The van der Waals surface area contributed by atoms with Crippen LogP contribution in [0.15, 0.2) is 0 Å². The minimum Gasteiger partial charge on any atom is -0.312 e. The van der Waals surface area contributed by atoms with Crippen LogP contribution in [0.4, 0.5) is 0 Å². The zero-order valence-electron chi connectivity index (χ0n) is 12.3. The molecule has 4 nitrogen and oxygen atoms in total. The van der Waals surface area contributed by atoms with Crippen LogP contribution in [-0.4, -0.2) is 111 Å². The van der Waals surface area contributed by atoms with Crippen LogP contribution in [0, 0.1) is 0 Å². The average molecular weight is 254 g/mol. The highest BCUT2D eigenvalue weighted by atomic mass is 15.5. The molecule has 6 saturated heterocycles. The number of rotatable bonds is 0.